The molecule has 3 heteroatoms. The molecular weight excluding hydrogens is 224 g/mol. The lowest BCUT2D eigenvalue weighted by molar-refractivity contribution is -0.120. The fraction of sp³-hybridized carbons (Fsp3) is 0.533. The Hall–Kier alpha value is -1.35. The minimum absolute atomic E-state index is 0.0277. The summed E-state index contributed by atoms with van der Waals surface area (Å²) >= 11 is 0. The lowest BCUT2D eigenvalue weighted by atomic mass is 9.98. The zero-order chi connectivity index (χ0) is 13.5. The minimum Gasteiger partial charge on any atom is -0.330 e. The Kier molecular flexibility index (Phi) is 5.86. The van der Waals surface area contributed by atoms with E-state index in [2.05, 4.69) is 12.2 Å². The van der Waals surface area contributed by atoms with Crippen LogP contribution in [0.15, 0.2) is 18.2 Å². The van der Waals surface area contributed by atoms with Gasteiger partial charge in [-0.3, -0.25) is 4.79 Å². The highest BCUT2D eigenvalue weighted by atomic mass is 16.1. The summed E-state index contributed by atoms with van der Waals surface area (Å²) in [6, 6.07) is 6.09. The second-order valence-corrected chi connectivity index (χ2v) is 4.87. The maximum Gasteiger partial charge on any atom is 0.227 e. The molecule has 1 atom stereocenters. The van der Waals surface area contributed by atoms with Gasteiger partial charge in [0.05, 0.1) is 0 Å². The van der Waals surface area contributed by atoms with Gasteiger partial charge in [-0.15, -0.1) is 0 Å². The van der Waals surface area contributed by atoms with Crippen molar-refractivity contribution in [2.75, 3.05) is 11.9 Å². The number of carbonyl (C=O) groups excluding carboxylic acids is 1. The summed E-state index contributed by atoms with van der Waals surface area (Å²) in [7, 11) is 0. The predicted molar refractivity (Wildman–Crippen MR) is 76.6 cm³/mol. The van der Waals surface area contributed by atoms with E-state index in [1.807, 2.05) is 32.0 Å². The maximum absolute atomic E-state index is 12.2. The molecule has 1 aromatic carbocycles. The number of anilines is 1. The van der Waals surface area contributed by atoms with Crippen molar-refractivity contribution < 1.29 is 4.79 Å². The van der Waals surface area contributed by atoms with Gasteiger partial charge in [-0.05, 0) is 50.4 Å². The Morgan fingerprint density at radius 2 is 2.06 bits per heavy atom. The van der Waals surface area contributed by atoms with Gasteiger partial charge in [-0.25, -0.2) is 0 Å². The van der Waals surface area contributed by atoms with Crippen molar-refractivity contribution in [2.24, 2.45) is 11.7 Å². The quantitative estimate of drug-likeness (QED) is 0.813. The van der Waals surface area contributed by atoms with Crippen molar-refractivity contribution in [2.45, 2.75) is 40.0 Å². The summed E-state index contributed by atoms with van der Waals surface area (Å²) in [5, 5.41) is 3.03. The topological polar surface area (TPSA) is 55.1 Å². The summed E-state index contributed by atoms with van der Waals surface area (Å²) in [6.07, 6.45) is 2.66. The van der Waals surface area contributed by atoms with Gasteiger partial charge in [0.2, 0.25) is 5.91 Å². The number of carbonyl (C=O) groups is 1. The van der Waals surface area contributed by atoms with Gasteiger partial charge in [0.15, 0.2) is 0 Å². The summed E-state index contributed by atoms with van der Waals surface area (Å²) in [4.78, 5) is 12.2. The molecule has 0 saturated heterocycles. The normalized spacial score (nSPS) is 12.2. The van der Waals surface area contributed by atoms with Crippen LogP contribution in [0.5, 0.6) is 0 Å². The Morgan fingerprint density at radius 3 is 2.67 bits per heavy atom. The van der Waals surface area contributed by atoms with E-state index in [4.69, 9.17) is 5.73 Å². The van der Waals surface area contributed by atoms with Gasteiger partial charge in [0.25, 0.3) is 0 Å². The molecule has 18 heavy (non-hydrogen) atoms. The minimum atomic E-state index is 0.0277. The molecular formula is C15H24N2O. The van der Waals surface area contributed by atoms with E-state index in [0.717, 1.165) is 36.1 Å². The van der Waals surface area contributed by atoms with E-state index in [0.29, 0.717) is 6.54 Å². The fourth-order valence-corrected chi connectivity index (χ4v) is 2.06. The highest BCUT2D eigenvalue weighted by Gasteiger charge is 2.17. The Morgan fingerprint density at radius 1 is 1.33 bits per heavy atom. The van der Waals surface area contributed by atoms with Crippen molar-refractivity contribution in [3.05, 3.63) is 29.3 Å². The molecule has 0 bridgehead atoms. The summed E-state index contributed by atoms with van der Waals surface area (Å²) in [6.45, 7) is 6.69. The van der Waals surface area contributed by atoms with Crippen LogP contribution in [-0.4, -0.2) is 12.5 Å². The molecule has 3 N–H and O–H groups in total. The van der Waals surface area contributed by atoms with Crippen LogP contribution in [0.4, 0.5) is 5.69 Å². The first-order valence-electron chi connectivity index (χ1n) is 6.66. The van der Waals surface area contributed by atoms with E-state index in [1.54, 1.807) is 0 Å². The van der Waals surface area contributed by atoms with Crippen LogP contribution < -0.4 is 11.1 Å². The number of amides is 1. The number of hydrogen-bond acceptors (Lipinski definition) is 2. The fourth-order valence-electron chi connectivity index (χ4n) is 2.06. The number of hydrogen-bond donors (Lipinski definition) is 2. The molecule has 0 radical (unpaired) electrons. The van der Waals surface area contributed by atoms with E-state index in [-0.39, 0.29) is 11.8 Å². The number of rotatable bonds is 6. The lowest BCUT2D eigenvalue weighted by Crippen LogP contribution is -2.25. The van der Waals surface area contributed by atoms with Crippen LogP contribution in [0.2, 0.25) is 0 Å². The SMILES string of the molecule is CCCC(CCN)C(=O)Nc1cc(C)ccc1C. The second-order valence-electron chi connectivity index (χ2n) is 4.87. The molecule has 3 nitrogen and oxygen atoms in total. The first-order chi connectivity index (χ1) is 8.58. The third kappa shape index (κ3) is 4.15. The summed E-state index contributed by atoms with van der Waals surface area (Å²) in [5.74, 6) is 0.121. The lowest BCUT2D eigenvalue weighted by Gasteiger charge is -2.16. The molecule has 0 saturated carbocycles. The zero-order valence-corrected chi connectivity index (χ0v) is 11.6. The third-order valence-corrected chi connectivity index (χ3v) is 3.17. The van der Waals surface area contributed by atoms with Gasteiger partial charge in [-0.2, -0.15) is 0 Å². The number of benzene rings is 1. The van der Waals surface area contributed by atoms with E-state index >= 15 is 0 Å². The van der Waals surface area contributed by atoms with Gasteiger partial charge in [-0.1, -0.05) is 25.5 Å². The third-order valence-electron chi connectivity index (χ3n) is 3.17. The van der Waals surface area contributed by atoms with Crippen LogP contribution in [0.1, 0.15) is 37.3 Å². The van der Waals surface area contributed by atoms with Crippen LogP contribution in [0, 0.1) is 19.8 Å². The molecule has 1 unspecified atom stereocenters. The summed E-state index contributed by atoms with van der Waals surface area (Å²) < 4.78 is 0. The Labute approximate surface area is 110 Å². The van der Waals surface area contributed by atoms with Gasteiger partial charge >= 0.3 is 0 Å². The van der Waals surface area contributed by atoms with Crippen molar-refractivity contribution >= 4 is 11.6 Å². The molecule has 0 aromatic heterocycles. The van der Waals surface area contributed by atoms with Crippen LogP contribution in [0.3, 0.4) is 0 Å². The molecule has 0 aliphatic heterocycles. The molecule has 1 amide bonds. The molecule has 1 rings (SSSR count). The van der Waals surface area contributed by atoms with Gasteiger partial charge in [0.1, 0.15) is 0 Å². The number of aryl methyl sites for hydroxylation is 2. The molecule has 0 spiro atoms. The van der Waals surface area contributed by atoms with Crippen molar-refractivity contribution in [3.63, 3.8) is 0 Å². The van der Waals surface area contributed by atoms with Crippen molar-refractivity contribution in [3.8, 4) is 0 Å². The number of nitrogens with one attached hydrogen (secondary N) is 1. The standard InChI is InChI=1S/C15H24N2O/c1-4-5-13(8-9-16)15(18)17-14-10-11(2)6-7-12(14)3/h6-7,10,13H,4-5,8-9,16H2,1-3H3,(H,17,18). The monoisotopic (exact) mass is 248 g/mol. The summed E-state index contributed by atoms with van der Waals surface area (Å²) in [5.41, 5.74) is 8.73. The molecule has 100 valence electrons. The van der Waals surface area contributed by atoms with Gasteiger partial charge in [0, 0.05) is 11.6 Å². The highest BCUT2D eigenvalue weighted by molar-refractivity contribution is 5.93. The average molecular weight is 248 g/mol. The van der Waals surface area contributed by atoms with Crippen molar-refractivity contribution in [1.82, 2.24) is 0 Å². The second kappa shape index (κ2) is 7.17. The average Bonchev–Trinajstić information content (AvgIpc) is 2.33. The van der Waals surface area contributed by atoms with Gasteiger partial charge < -0.3 is 11.1 Å². The Balaban J connectivity index is 2.75. The molecule has 1 aromatic rings. The Bertz CT molecular complexity index is 395. The van der Waals surface area contributed by atoms with Crippen molar-refractivity contribution in [1.29, 1.82) is 0 Å². The molecule has 0 fully saturated rings. The molecule has 0 heterocycles. The largest absolute Gasteiger partial charge is 0.330 e. The first kappa shape index (κ1) is 14.7. The van der Waals surface area contributed by atoms with Crippen LogP contribution >= 0.6 is 0 Å². The van der Waals surface area contributed by atoms with E-state index < -0.39 is 0 Å². The van der Waals surface area contributed by atoms with E-state index in [9.17, 15) is 4.79 Å². The molecule has 0 aliphatic carbocycles. The number of nitrogens with two attached hydrogens (primary N) is 1. The maximum atomic E-state index is 12.2. The zero-order valence-electron chi connectivity index (χ0n) is 11.6. The first-order valence-corrected chi connectivity index (χ1v) is 6.66. The van der Waals surface area contributed by atoms with Crippen LogP contribution in [-0.2, 0) is 4.79 Å². The smallest absolute Gasteiger partial charge is 0.227 e. The highest BCUT2D eigenvalue weighted by Crippen LogP contribution is 2.19. The van der Waals surface area contributed by atoms with E-state index in [1.165, 1.54) is 0 Å². The molecule has 0 aliphatic rings. The van der Waals surface area contributed by atoms with Crippen LogP contribution in [0.25, 0.3) is 0 Å². The predicted octanol–water partition coefficient (Wildman–Crippen LogP) is 3.01.